The first kappa shape index (κ1) is 17.5. The fourth-order valence-electron chi connectivity index (χ4n) is 2.65. The molecule has 1 aromatic carbocycles. The molecular formula is C17H16BrFN8. The zero-order chi connectivity index (χ0) is 19.0. The lowest BCUT2D eigenvalue weighted by Gasteiger charge is -2.07. The van der Waals surface area contributed by atoms with Crippen molar-refractivity contribution < 1.29 is 4.39 Å². The van der Waals surface area contributed by atoms with Gasteiger partial charge in [0, 0.05) is 6.20 Å². The Kier molecular flexibility index (Phi) is 4.56. The number of nitrogens with zero attached hydrogens (tertiary/aromatic N) is 8. The summed E-state index contributed by atoms with van der Waals surface area (Å²) in [6.07, 6.45) is 5.06. The molecule has 0 spiro atoms. The van der Waals surface area contributed by atoms with Crippen molar-refractivity contribution >= 4 is 15.9 Å². The molecule has 0 saturated heterocycles. The molecule has 3 aromatic heterocycles. The van der Waals surface area contributed by atoms with E-state index in [0.29, 0.717) is 36.0 Å². The number of rotatable bonds is 5. The molecule has 0 radical (unpaired) electrons. The highest BCUT2D eigenvalue weighted by molar-refractivity contribution is 9.10. The highest BCUT2D eigenvalue weighted by Crippen LogP contribution is 2.18. The highest BCUT2D eigenvalue weighted by Gasteiger charge is 2.15. The van der Waals surface area contributed by atoms with Crippen molar-refractivity contribution in [3.05, 3.63) is 70.0 Å². The maximum atomic E-state index is 14.1. The van der Waals surface area contributed by atoms with E-state index in [1.807, 2.05) is 19.2 Å². The lowest BCUT2D eigenvalue weighted by Crippen LogP contribution is -2.09. The van der Waals surface area contributed by atoms with Crippen LogP contribution in [0.25, 0.3) is 5.69 Å². The Morgan fingerprint density at radius 1 is 1.07 bits per heavy atom. The van der Waals surface area contributed by atoms with Gasteiger partial charge in [-0.25, -0.2) is 14.1 Å². The van der Waals surface area contributed by atoms with Crippen LogP contribution in [0.15, 0.2) is 41.3 Å². The van der Waals surface area contributed by atoms with E-state index in [9.17, 15) is 4.39 Å². The quantitative estimate of drug-likeness (QED) is 0.486. The lowest BCUT2D eigenvalue weighted by molar-refractivity contribution is 0.569. The van der Waals surface area contributed by atoms with Crippen LogP contribution < -0.4 is 0 Å². The van der Waals surface area contributed by atoms with Crippen molar-refractivity contribution in [2.45, 2.75) is 26.9 Å². The van der Waals surface area contributed by atoms with E-state index in [4.69, 9.17) is 0 Å². The molecule has 0 aliphatic rings. The van der Waals surface area contributed by atoms with Gasteiger partial charge in [0.2, 0.25) is 0 Å². The maximum Gasteiger partial charge on any atom is 0.174 e. The summed E-state index contributed by atoms with van der Waals surface area (Å²) in [5.74, 6) is 0.877. The monoisotopic (exact) mass is 430 g/mol. The molecule has 0 N–H and O–H groups in total. The summed E-state index contributed by atoms with van der Waals surface area (Å²) < 4.78 is 18.4. The topological polar surface area (TPSA) is 79.2 Å². The number of hydrogen-bond acceptors (Lipinski definition) is 5. The van der Waals surface area contributed by atoms with Crippen LogP contribution >= 0.6 is 15.9 Å². The molecule has 0 aliphatic heterocycles. The number of aromatic nitrogens is 8. The number of benzene rings is 1. The third-order valence-corrected chi connectivity index (χ3v) is 4.84. The van der Waals surface area contributed by atoms with Crippen molar-refractivity contribution in [2.24, 2.45) is 0 Å². The molecule has 0 unspecified atom stereocenters. The Hall–Kier alpha value is -2.88. The molecule has 0 aliphatic carbocycles. The van der Waals surface area contributed by atoms with Gasteiger partial charge in [0.1, 0.15) is 18.9 Å². The smallest absolute Gasteiger partial charge is 0.174 e. The van der Waals surface area contributed by atoms with E-state index in [1.165, 1.54) is 10.9 Å². The summed E-state index contributed by atoms with van der Waals surface area (Å²) in [6.45, 7) is 4.35. The zero-order valence-electron chi connectivity index (χ0n) is 14.7. The minimum atomic E-state index is -0.290. The van der Waals surface area contributed by atoms with Gasteiger partial charge in [0.15, 0.2) is 11.6 Å². The molecule has 8 nitrogen and oxygen atoms in total. The Balaban J connectivity index is 1.74. The summed E-state index contributed by atoms with van der Waals surface area (Å²) in [5.41, 5.74) is 2.06. The SMILES string of the molecule is Cc1ccc(-n2nc(Cn3nccn3)nc2Cn2cc(Br)c(C)n2)cc1F. The molecule has 4 aromatic rings. The van der Waals surface area contributed by atoms with Crippen molar-refractivity contribution in [1.82, 2.24) is 39.5 Å². The van der Waals surface area contributed by atoms with Gasteiger partial charge in [-0.15, -0.1) is 5.10 Å². The van der Waals surface area contributed by atoms with E-state index in [1.54, 1.807) is 34.7 Å². The summed E-state index contributed by atoms with van der Waals surface area (Å²) >= 11 is 3.46. The zero-order valence-corrected chi connectivity index (χ0v) is 16.3. The number of halogens is 2. The maximum absolute atomic E-state index is 14.1. The third-order valence-electron chi connectivity index (χ3n) is 4.06. The van der Waals surface area contributed by atoms with Crippen LogP contribution in [0.3, 0.4) is 0 Å². The standard InChI is InChI=1S/C17H16BrFN8/c1-11-3-4-13(7-15(11)19)27-17(10-25-8-14(18)12(2)23-25)22-16(24-27)9-26-20-5-6-21-26/h3-8H,9-10H2,1-2H3. The van der Waals surface area contributed by atoms with Crippen LogP contribution in [0.4, 0.5) is 4.39 Å². The first-order valence-corrected chi connectivity index (χ1v) is 9.04. The normalized spacial score (nSPS) is 11.3. The molecular weight excluding hydrogens is 415 g/mol. The fraction of sp³-hybridized carbons (Fsp3) is 0.235. The van der Waals surface area contributed by atoms with E-state index in [2.05, 4.69) is 41.3 Å². The van der Waals surface area contributed by atoms with Gasteiger partial charge >= 0.3 is 0 Å². The van der Waals surface area contributed by atoms with E-state index in [0.717, 1.165) is 10.2 Å². The Bertz CT molecular complexity index is 1060. The molecule has 3 heterocycles. The summed E-state index contributed by atoms with van der Waals surface area (Å²) in [7, 11) is 0. The van der Waals surface area contributed by atoms with Gasteiger partial charge in [-0.2, -0.15) is 20.1 Å². The Morgan fingerprint density at radius 2 is 1.85 bits per heavy atom. The van der Waals surface area contributed by atoms with Crippen molar-refractivity contribution in [3.63, 3.8) is 0 Å². The van der Waals surface area contributed by atoms with Gasteiger partial charge in [0.05, 0.1) is 28.2 Å². The minimum absolute atomic E-state index is 0.290. The summed E-state index contributed by atoms with van der Waals surface area (Å²) in [4.78, 5) is 6.09. The molecule has 0 atom stereocenters. The van der Waals surface area contributed by atoms with Gasteiger partial charge in [0.25, 0.3) is 0 Å². The highest BCUT2D eigenvalue weighted by atomic mass is 79.9. The van der Waals surface area contributed by atoms with Crippen molar-refractivity contribution in [3.8, 4) is 5.69 Å². The van der Waals surface area contributed by atoms with E-state index in [-0.39, 0.29) is 5.82 Å². The van der Waals surface area contributed by atoms with Crippen molar-refractivity contribution in [2.75, 3.05) is 0 Å². The fourth-order valence-corrected chi connectivity index (χ4v) is 2.97. The molecule has 0 fully saturated rings. The van der Waals surface area contributed by atoms with Gasteiger partial charge in [-0.1, -0.05) is 6.07 Å². The lowest BCUT2D eigenvalue weighted by atomic mass is 10.2. The molecule has 0 saturated carbocycles. The third kappa shape index (κ3) is 3.65. The molecule has 0 amide bonds. The first-order valence-electron chi connectivity index (χ1n) is 8.24. The minimum Gasteiger partial charge on any atom is -0.264 e. The van der Waals surface area contributed by atoms with Crippen LogP contribution in [-0.4, -0.2) is 39.5 Å². The molecule has 0 bridgehead atoms. The van der Waals surface area contributed by atoms with Gasteiger partial charge in [-0.05, 0) is 47.5 Å². The van der Waals surface area contributed by atoms with Crippen LogP contribution in [0, 0.1) is 19.7 Å². The summed E-state index contributed by atoms with van der Waals surface area (Å²) in [5, 5.41) is 17.1. The van der Waals surface area contributed by atoms with E-state index >= 15 is 0 Å². The van der Waals surface area contributed by atoms with Crippen molar-refractivity contribution in [1.29, 1.82) is 0 Å². The average Bonchev–Trinajstić information content (AvgIpc) is 3.34. The van der Waals surface area contributed by atoms with Crippen LogP contribution in [0.1, 0.15) is 22.9 Å². The largest absolute Gasteiger partial charge is 0.264 e. The van der Waals surface area contributed by atoms with Gasteiger partial charge in [-0.3, -0.25) is 4.68 Å². The Morgan fingerprint density at radius 3 is 2.52 bits per heavy atom. The predicted octanol–water partition coefficient (Wildman–Crippen LogP) is 2.67. The second-order valence-electron chi connectivity index (χ2n) is 6.11. The molecule has 138 valence electrons. The van der Waals surface area contributed by atoms with Crippen LogP contribution in [0.2, 0.25) is 0 Å². The average molecular weight is 431 g/mol. The van der Waals surface area contributed by atoms with Gasteiger partial charge < -0.3 is 0 Å². The molecule has 4 rings (SSSR count). The second-order valence-corrected chi connectivity index (χ2v) is 6.96. The molecule has 27 heavy (non-hydrogen) atoms. The van der Waals surface area contributed by atoms with Crippen LogP contribution in [-0.2, 0) is 13.1 Å². The number of hydrogen-bond donors (Lipinski definition) is 0. The number of aryl methyl sites for hydroxylation is 2. The second kappa shape index (κ2) is 7.03. The Labute approximate surface area is 162 Å². The predicted molar refractivity (Wildman–Crippen MR) is 98.9 cm³/mol. The van der Waals surface area contributed by atoms with Crippen LogP contribution in [0.5, 0.6) is 0 Å². The first-order chi connectivity index (χ1) is 13.0. The molecule has 10 heteroatoms. The van der Waals surface area contributed by atoms with E-state index < -0.39 is 0 Å². The summed E-state index contributed by atoms with van der Waals surface area (Å²) in [6, 6.07) is 4.99.